The molecule has 2 rings (SSSR count). The van der Waals surface area contributed by atoms with E-state index in [1.54, 1.807) is 23.3 Å². The first kappa shape index (κ1) is 17.4. The van der Waals surface area contributed by atoms with Gasteiger partial charge in [-0.2, -0.15) is 0 Å². The second-order valence-electron chi connectivity index (χ2n) is 6.21. The summed E-state index contributed by atoms with van der Waals surface area (Å²) in [6.07, 6.45) is -0.0616. The summed E-state index contributed by atoms with van der Waals surface area (Å²) in [4.78, 5) is 19.6. The number of hydrogen-bond acceptors (Lipinski definition) is 5. The van der Waals surface area contributed by atoms with Gasteiger partial charge < -0.3 is 14.9 Å². The van der Waals surface area contributed by atoms with Crippen LogP contribution in [0.25, 0.3) is 0 Å². The number of nitrogens with zero attached hydrogens (tertiary/aromatic N) is 3. The van der Waals surface area contributed by atoms with Gasteiger partial charge in [0.25, 0.3) is 0 Å². The summed E-state index contributed by atoms with van der Waals surface area (Å²) < 4.78 is 0. The number of rotatable bonds is 6. The molecule has 6 heteroatoms. The quantitative estimate of drug-likeness (QED) is 0.835. The second kappa shape index (κ2) is 8.06. The smallest absolute Gasteiger partial charge is 0.226 e. The Morgan fingerprint density at radius 1 is 1.41 bits per heavy atom. The van der Waals surface area contributed by atoms with Gasteiger partial charge in [-0.05, 0) is 31.0 Å². The lowest BCUT2D eigenvalue weighted by Gasteiger charge is -2.34. The minimum atomic E-state index is -0.485. The molecule has 2 heterocycles. The van der Waals surface area contributed by atoms with Crippen LogP contribution in [-0.4, -0.2) is 85.2 Å². The van der Waals surface area contributed by atoms with E-state index in [-0.39, 0.29) is 5.91 Å². The van der Waals surface area contributed by atoms with Gasteiger partial charge in [0, 0.05) is 51.2 Å². The van der Waals surface area contributed by atoms with Crippen molar-refractivity contribution in [1.82, 2.24) is 14.7 Å². The maximum atomic E-state index is 12.2. The fourth-order valence-corrected chi connectivity index (χ4v) is 3.42. The average molecular weight is 325 g/mol. The molecule has 0 unspecified atom stereocenters. The minimum Gasteiger partial charge on any atom is -0.390 e. The number of β-amino-alcohol motifs (C(OH)–C–C–N with tert-alkyl or cyclic N) is 1. The molecule has 0 radical (unpaired) electrons. The molecular weight excluding hydrogens is 298 g/mol. The van der Waals surface area contributed by atoms with E-state index in [4.69, 9.17) is 0 Å². The Kier molecular flexibility index (Phi) is 6.37. The maximum Gasteiger partial charge on any atom is 0.226 e. The monoisotopic (exact) mass is 325 g/mol. The SMILES string of the molecule is Cc1sccc1CC(=O)N(C)C[C@@H](O)CN1CCN(C)CC1. The first-order chi connectivity index (χ1) is 10.5. The molecule has 1 aliphatic rings. The predicted octanol–water partition coefficient (Wildman–Crippen LogP) is 0.666. The number of aliphatic hydroxyl groups excluding tert-OH is 1. The van der Waals surface area contributed by atoms with Gasteiger partial charge in [-0.25, -0.2) is 0 Å². The van der Waals surface area contributed by atoms with Crippen LogP contribution in [0, 0.1) is 6.92 Å². The van der Waals surface area contributed by atoms with Crippen LogP contribution < -0.4 is 0 Å². The van der Waals surface area contributed by atoms with E-state index < -0.39 is 6.10 Å². The van der Waals surface area contributed by atoms with Gasteiger partial charge in [-0.3, -0.25) is 9.69 Å². The molecule has 0 spiro atoms. The molecule has 1 fully saturated rings. The number of carbonyl (C=O) groups is 1. The standard InChI is InChI=1S/C16H27N3O2S/c1-13-14(4-9-22-13)10-16(21)18(3)11-15(20)12-19-7-5-17(2)6-8-19/h4,9,15,20H,5-8,10-12H2,1-3H3/t15-/m1/s1. The van der Waals surface area contributed by atoms with Crippen molar-refractivity contribution in [3.8, 4) is 0 Å². The fraction of sp³-hybridized carbons (Fsp3) is 0.688. The van der Waals surface area contributed by atoms with Crippen LogP contribution in [0.2, 0.25) is 0 Å². The third kappa shape index (κ3) is 5.05. The number of likely N-dealkylation sites (N-methyl/N-ethyl adjacent to an activating group) is 2. The second-order valence-corrected chi connectivity index (χ2v) is 7.33. The number of hydrogen-bond donors (Lipinski definition) is 1. The lowest BCUT2D eigenvalue weighted by atomic mass is 10.1. The van der Waals surface area contributed by atoms with Crippen molar-refractivity contribution in [1.29, 1.82) is 0 Å². The average Bonchev–Trinajstić information content (AvgIpc) is 2.86. The number of aryl methyl sites for hydroxylation is 1. The van der Waals surface area contributed by atoms with Crippen LogP contribution in [0.1, 0.15) is 10.4 Å². The Labute approximate surface area is 137 Å². The third-order valence-electron chi connectivity index (χ3n) is 4.28. The highest BCUT2D eigenvalue weighted by Gasteiger charge is 2.20. The molecule has 0 aliphatic carbocycles. The van der Waals surface area contributed by atoms with Crippen LogP contribution >= 0.6 is 11.3 Å². The molecule has 5 nitrogen and oxygen atoms in total. The van der Waals surface area contributed by atoms with E-state index in [2.05, 4.69) is 16.8 Å². The first-order valence-electron chi connectivity index (χ1n) is 7.81. The van der Waals surface area contributed by atoms with E-state index in [9.17, 15) is 9.90 Å². The zero-order chi connectivity index (χ0) is 16.1. The zero-order valence-electron chi connectivity index (χ0n) is 13.8. The van der Waals surface area contributed by atoms with E-state index >= 15 is 0 Å². The van der Waals surface area contributed by atoms with Crippen LogP contribution in [0.5, 0.6) is 0 Å². The van der Waals surface area contributed by atoms with Crippen molar-refractivity contribution in [2.75, 3.05) is 53.4 Å². The highest BCUT2D eigenvalue weighted by atomic mass is 32.1. The summed E-state index contributed by atoms with van der Waals surface area (Å²) >= 11 is 1.66. The topological polar surface area (TPSA) is 47.0 Å². The third-order valence-corrected chi connectivity index (χ3v) is 5.17. The Morgan fingerprint density at radius 3 is 2.68 bits per heavy atom. The van der Waals surface area contributed by atoms with E-state index in [0.29, 0.717) is 19.5 Å². The molecule has 1 aromatic rings. The molecule has 0 saturated carbocycles. The molecule has 0 aromatic carbocycles. The predicted molar refractivity (Wildman–Crippen MR) is 90.3 cm³/mol. The Bertz CT molecular complexity index is 483. The van der Waals surface area contributed by atoms with E-state index in [1.165, 1.54) is 4.88 Å². The molecular formula is C16H27N3O2S. The van der Waals surface area contributed by atoms with Crippen molar-refractivity contribution in [2.24, 2.45) is 0 Å². The molecule has 1 atom stereocenters. The number of piperazine rings is 1. The Morgan fingerprint density at radius 2 is 2.09 bits per heavy atom. The van der Waals surface area contributed by atoms with Crippen LogP contribution in [0.4, 0.5) is 0 Å². The van der Waals surface area contributed by atoms with Gasteiger partial charge in [0.2, 0.25) is 5.91 Å². The molecule has 1 saturated heterocycles. The highest BCUT2D eigenvalue weighted by molar-refractivity contribution is 7.10. The maximum absolute atomic E-state index is 12.2. The molecule has 124 valence electrons. The molecule has 0 bridgehead atoms. The van der Waals surface area contributed by atoms with Gasteiger partial charge in [-0.15, -0.1) is 11.3 Å². The van der Waals surface area contributed by atoms with Crippen molar-refractivity contribution in [2.45, 2.75) is 19.4 Å². The number of carbonyl (C=O) groups excluding carboxylic acids is 1. The summed E-state index contributed by atoms with van der Waals surface area (Å²) in [7, 11) is 3.89. The van der Waals surface area contributed by atoms with Gasteiger partial charge in [0.1, 0.15) is 0 Å². The summed E-state index contributed by atoms with van der Waals surface area (Å²) in [5.41, 5.74) is 1.09. The summed E-state index contributed by atoms with van der Waals surface area (Å²) in [5.74, 6) is 0.0685. The van der Waals surface area contributed by atoms with Gasteiger partial charge in [0.15, 0.2) is 0 Å². The van der Waals surface area contributed by atoms with Gasteiger partial charge >= 0.3 is 0 Å². The number of aliphatic hydroxyl groups is 1. The van der Waals surface area contributed by atoms with Crippen molar-refractivity contribution in [3.63, 3.8) is 0 Å². The molecule has 1 N–H and O–H groups in total. The highest BCUT2D eigenvalue weighted by Crippen LogP contribution is 2.16. The van der Waals surface area contributed by atoms with Crippen LogP contribution in [0.15, 0.2) is 11.4 Å². The normalized spacial score (nSPS) is 18.4. The summed E-state index contributed by atoms with van der Waals surface area (Å²) in [6, 6.07) is 2.01. The molecule has 1 aromatic heterocycles. The number of thiophene rings is 1. The lowest BCUT2D eigenvalue weighted by molar-refractivity contribution is -0.130. The van der Waals surface area contributed by atoms with Crippen LogP contribution in [-0.2, 0) is 11.2 Å². The zero-order valence-corrected chi connectivity index (χ0v) is 14.6. The Hall–Kier alpha value is -0.950. The summed E-state index contributed by atoms with van der Waals surface area (Å²) in [6.45, 7) is 7.13. The first-order valence-corrected chi connectivity index (χ1v) is 8.69. The van der Waals surface area contributed by atoms with E-state index in [1.807, 2.05) is 18.4 Å². The largest absolute Gasteiger partial charge is 0.390 e. The lowest BCUT2D eigenvalue weighted by Crippen LogP contribution is -2.49. The number of amides is 1. The molecule has 1 amide bonds. The Balaban J connectivity index is 1.74. The van der Waals surface area contributed by atoms with Gasteiger partial charge in [-0.1, -0.05) is 0 Å². The van der Waals surface area contributed by atoms with Crippen molar-refractivity contribution < 1.29 is 9.90 Å². The molecule has 1 aliphatic heterocycles. The van der Waals surface area contributed by atoms with Crippen molar-refractivity contribution in [3.05, 3.63) is 21.9 Å². The molecule has 22 heavy (non-hydrogen) atoms. The minimum absolute atomic E-state index is 0.0685. The van der Waals surface area contributed by atoms with E-state index in [0.717, 1.165) is 31.7 Å². The van der Waals surface area contributed by atoms with Crippen molar-refractivity contribution >= 4 is 17.2 Å². The van der Waals surface area contributed by atoms with Gasteiger partial charge in [0.05, 0.1) is 12.5 Å². The summed E-state index contributed by atoms with van der Waals surface area (Å²) in [5, 5.41) is 12.2. The van der Waals surface area contributed by atoms with Crippen LogP contribution in [0.3, 0.4) is 0 Å². The fourth-order valence-electron chi connectivity index (χ4n) is 2.70.